The van der Waals surface area contributed by atoms with Crippen molar-refractivity contribution in [2.24, 2.45) is 16.3 Å². The Morgan fingerprint density at radius 2 is 1.58 bits per heavy atom. The summed E-state index contributed by atoms with van der Waals surface area (Å²) in [6.45, 7) is 47.7. The summed E-state index contributed by atoms with van der Waals surface area (Å²) < 4.78 is 16.0. The Morgan fingerprint density at radius 3 is 1.97 bits per heavy atom. The summed E-state index contributed by atoms with van der Waals surface area (Å²) in [7, 11) is 3.22. The average molecular weight is 1080 g/mol. The molecular formula is C50H87N3O5SU. The predicted molar refractivity (Wildman–Crippen MR) is 261 cm³/mol. The summed E-state index contributed by atoms with van der Waals surface area (Å²) in [5.74, 6) is 6.30. The number of anilines is 1. The zero-order chi connectivity index (χ0) is 46.6. The van der Waals surface area contributed by atoms with Crippen LogP contribution in [-0.2, 0) is 14.3 Å². The maximum atomic E-state index is 10.0. The molecule has 10 heteroatoms. The minimum Gasteiger partial charge on any atom is -0.481 e. The van der Waals surface area contributed by atoms with Crippen LogP contribution >= 0.6 is 11.3 Å². The SMILES string of the molecule is C=C(C)C.C=C(N=C(C)C(C)CC)c1cccs1.CC(C)(C)C(=O)O.CCC.CCC.CCCCCC.[CH2-]C1([CH2-])OCCN(c2cc(C#CCOC)cnc2OC)C1C.[U+2]. The number of allylic oxidation sites excluding steroid dienone is 1. The number of methoxy groups -OCH3 is 2. The molecule has 0 aliphatic carbocycles. The number of hydrogen-bond acceptors (Lipinski definition) is 8. The number of nitrogens with zero attached hydrogens (tertiary/aromatic N) is 3. The minimum absolute atomic E-state index is 0. The van der Waals surface area contributed by atoms with Gasteiger partial charge in [0.05, 0.1) is 29.7 Å². The molecule has 2 unspecified atom stereocenters. The topological polar surface area (TPSA) is 93.5 Å². The second-order valence-corrected chi connectivity index (χ2v) is 16.6. The van der Waals surface area contributed by atoms with Crippen molar-refractivity contribution in [2.75, 3.05) is 38.9 Å². The van der Waals surface area contributed by atoms with Gasteiger partial charge in [0, 0.05) is 37.2 Å². The monoisotopic (exact) mass is 1080 g/mol. The largest absolute Gasteiger partial charge is 2.00 e. The van der Waals surface area contributed by atoms with Gasteiger partial charge in [-0.25, -0.2) is 4.98 Å². The molecular weight excluding hydrogens is 993 g/mol. The standard InChI is InChI=1S/C17H22N2O3.C12H17NS.C6H14.C5H10O2.C4H8.2C3H8.U/c1-13-17(2,3)22-10-8-19(13)15-11-14(7-6-9-20-4)12-18-16(15)21-5;1-5-9(2)10(3)13-11(4)12-7-6-8-14-12;1-3-5-6-4-2;1-5(2,3)4(6)7;1-4(2)3;2*1-3-2;/h11-13H,2-3,8-10H2,1,4-5H3;6-9H,4-5H2,1-3H3;3-6H2,1-2H3;1-3H3,(H,6,7);1H2,2-3H3;2*3H2,1-2H3;/q-2;;;;;;;+2. The van der Waals surface area contributed by atoms with E-state index in [0.717, 1.165) is 34.8 Å². The van der Waals surface area contributed by atoms with Gasteiger partial charge in [-0.05, 0) is 78.3 Å². The van der Waals surface area contributed by atoms with Gasteiger partial charge >= 0.3 is 37.1 Å². The molecule has 1 aliphatic heterocycles. The van der Waals surface area contributed by atoms with Gasteiger partial charge in [0.2, 0.25) is 5.88 Å². The van der Waals surface area contributed by atoms with Crippen molar-refractivity contribution < 1.29 is 55.2 Å². The molecule has 0 aromatic carbocycles. The molecule has 0 bridgehead atoms. The number of carboxylic acids is 1. The maximum Gasteiger partial charge on any atom is 2.00 e. The first-order valence-electron chi connectivity index (χ1n) is 21.3. The molecule has 60 heavy (non-hydrogen) atoms. The summed E-state index contributed by atoms with van der Waals surface area (Å²) >= 11 is 1.69. The van der Waals surface area contributed by atoms with Crippen LogP contribution in [0.5, 0.6) is 5.88 Å². The van der Waals surface area contributed by atoms with E-state index >= 15 is 0 Å². The van der Waals surface area contributed by atoms with Gasteiger partial charge in [0.1, 0.15) is 12.3 Å². The summed E-state index contributed by atoms with van der Waals surface area (Å²) in [6.07, 6.45) is 10.9. The fourth-order valence-electron chi connectivity index (χ4n) is 3.97. The van der Waals surface area contributed by atoms with E-state index in [0.29, 0.717) is 25.0 Å². The van der Waals surface area contributed by atoms with Crippen molar-refractivity contribution >= 4 is 34.4 Å². The molecule has 2 atom stereocenters. The fourth-order valence-corrected chi connectivity index (χ4v) is 4.62. The summed E-state index contributed by atoms with van der Waals surface area (Å²) in [5, 5.41) is 10.3. The normalized spacial score (nSPS) is 13.9. The zero-order valence-electron chi connectivity index (χ0n) is 41.3. The van der Waals surface area contributed by atoms with Crippen molar-refractivity contribution in [3.05, 3.63) is 72.8 Å². The number of thiophene rings is 1. The van der Waals surface area contributed by atoms with Crippen LogP contribution < -0.4 is 9.64 Å². The van der Waals surface area contributed by atoms with Gasteiger partial charge < -0.3 is 38.1 Å². The molecule has 8 nitrogen and oxygen atoms in total. The number of carbonyl (C=O) groups is 1. The Hall–Kier alpha value is -2.40. The maximum absolute atomic E-state index is 10.0. The van der Waals surface area contributed by atoms with Crippen LogP contribution in [0.3, 0.4) is 0 Å². The van der Waals surface area contributed by atoms with Gasteiger partial charge in [-0.3, -0.25) is 9.79 Å². The Bertz CT molecular complexity index is 1450. The second-order valence-electron chi connectivity index (χ2n) is 15.6. The molecule has 0 saturated carbocycles. The molecule has 3 heterocycles. The van der Waals surface area contributed by atoms with E-state index in [1.165, 1.54) is 49.8 Å². The number of pyridine rings is 1. The number of rotatable bonds is 10. The Kier molecular flexibility index (Phi) is 45.2. The van der Waals surface area contributed by atoms with Crippen molar-refractivity contribution in [2.45, 2.75) is 160 Å². The van der Waals surface area contributed by atoms with Crippen molar-refractivity contribution in [1.82, 2.24) is 4.98 Å². The van der Waals surface area contributed by atoms with E-state index in [9.17, 15) is 4.79 Å². The Labute approximate surface area is 398 Å². The van der Waals surface area contributed by atoms with Crippen LogP contribution in [0, 0.1) is 68.1 Å². The smallest absolute Gasteiger partial charge is 0.481 e. The average Bonchev–Trinajstić information content (AvgIpc) is 3.71. The van der Waals surface area contributed by atoms with E-state index in [1.807, 2.05) is 32.9 Å². The van der Waals surface area contributed by atoms with E-state index in [-0.39, 0.29) is 37.2 Å². The van der Waals surface area contributed by atoms with Gasteiger partial charge in [-0.2, -0.15) is 5.60 Å². The molecule has 342 valence electrons. The van der Waals surface area contributed by atoms with Gasteiger partial charge in [0.15, 0.2) is 0 Å². The number of hydrogen-bond donors (Lipinski definition) is 1. The second kappa shape index (κ2) is 40.7. The third kappa shape index (κ3) is 35.2. The van der Waals surface area contributed by atoms with Crippen molar-refractivity contribution in [3.63, 3.8) is 0 Å². The third-order valence-corrected chi connectivity index (χ3v) is 8.69. The quantitative estimate of drug-likeness (QED) is 0.0833. The predicted octanol–water partition coefficient (Wildman–Crippen LogP) is 14.1. The van der Waals surface area contributed by atoms with Crippen LogP contribution in [0.15, 0.2) is 53.5 Å². The molecule has 0 spiro atoms. The number of carboxylic acid groups (broad SMARTS) is 1. The molecule has 2 aromatic heterocycles. The van der Waals surface area contributed by atoms with Gasteiger partial charge in [0.25, 0.3) is 0 Å². The Balaban J connectivity index is -0.000000227. The number of unbranched alkanes of at least 4 members (excludes halogenated alkanes) is 3. The molecule has 1 fully saturated rings. The van der Waals surface area contributed by atoms with Crippen LogP contribution in [-0.4, -0.2) is 67.4 Å². The molecule has 0 radical (unpaired) electrons. The van der Waals surface area contributed by atoms with Crippen LogP contribution in [0.1, 0.15) is 159 Å². The number of morpholine rings is 1. The Morgan fingerprint density at radius 1 is 1.08 bits per heavy atom. The molecule has 1 saturated heterocycles. The third-order valence-electron chi connectivity index (χ3n) is 7.78. The van der Waals surface area contributed by atoms with E-state index in [2.05, 4.69) is 127 Å². The van der Waals surface area contributed by atoms with Crippen LogP contribution in [0.2, 0.25) is 0 Å². The molecule has 3 rings (SSSR count). The van der Waals surface area contributed by atoms with Crippen molar-refractivity contribution in [3.8, 4) is 17.7 Å². The first-order chi connectivity index (χ1) is 27.6. The number of aliphatic carboxylic acids is 1. The van der Waals surface area contributed by atoms with Crippen LogP contribution in [0.4, 0.5) is 5.69 Å². The first-order valence-corrected chi connectivity index (χ1v) is 22.2. The van der Waals surface area contributed by atoms with Crippen LogP contribution in [0.25, 0.3) is 5.70 Å². The summed E-state index contributed by atoms with van der Waals surface area (Å²) in [5.41, 5.74) is 3.61. The first kappa shape index (κ1) is 66.7. The van der Waals surface area contributed by atoms with Gasteiger partial charge in [-0.1, -0.05) is 124 Å². The van der Waals surface area contributed by atoms with E-state index in [4.69, 9.17) is 19.3 Å². The van der Waals surface area contributed by atoms with Crippen molar-refractivity contribution in [1.29, 1.82) is 0 Å². The minimum atomic E-state index is -0.757. The number of aromatic nitrogens is 1. The number of aliphatic imine (C=N–C) groups is 1. The summed E-state index contributed by atoms with van der Waals surface area (Å²) in [6, 6.07) is 6.03. The molecule has 2 aromatic rings. The molecule has 1 aliphatic rings. The zero-order valence-corrected chi connectivity index (χ0v) is 46.3. The van der Waals surface area contributed by atoms with E-state index in [1.54, 1.807) is 52.5 Å². The molecule has 1 N–H and O–H groups in total. The van der Waals surface area contributed by atoms with E-state index < -0.39 is 17.0 Å². The molecule has 0 amide bonds. The number of ether oxygens (including phenoxy) is 3. The summed E-state index contributed by atoms with van der Waals surface area (Å²) in [4.78, 5) is 22.2. The van der Waals surface area contributed by atoms with Gasteiger partial charge in [-0.15, -0.1) is 17.9 Å². The fraction of sp³-hybridized carbons (Fsp3) is 0.620.